The summed E-state index contributed by atoms with van der Waals surface area (Å²) < 4.78 is 13.8. The lowest BCUT2D eigenvalue weighted by Gasteiger charge is -2.17. The van der Waals surface area contributed by atoms with Gasteiger partial charge in [0, 0.05) is 30.1 Å². The largest absolute Gasteiger partial charge is 0.316 e. The fourth-order valence-corrected chi connectivity index (χ4v) is 2.89. The normalized spacial score (nSPS) is 11.2. The molecule has 1 N–H and O–H groups in total. The first-order chi connectivity index (χ1) is 9.69. The second-order valence-electron chi connectivity index (χ2n) is 5.02. The van der Waals surface area contributed by atoms with Gasteiger partial charge in [-0.2, -0.15) is 0 Å². The average molecular weight is 292 g/mol. The fourth-order valence-electron chi connectivity index (χ4n) is 2.19. The van der Waals surface area contributed by atoms with Crippen molar-refractivity contribution < 1.29 is 4.39 Å². The quantitative estimate of drug-likeness (QED) is 0.842. The second kappa shape index (κ2) is 7.53. The number of likely N-dealkylation sites (N-methyl/N-ethyl adjacent to an activating group) is 1. The van der Waals surface area contributed by atoms with Crippen LogP contribution in [0.25, 0.3) is 0 Å². The zero-order chi connectivity index (χ0) is 14.4. The van der Waals surface area contributed by atoms with Crippen LogP contribution in [-0.4, -0.2) is 25.5 Å². The summed E-state index contributed by atoms with van der Waals surface area (Å²) in [4.78, 5) is 3.54. The van der Waals surface area contributed by atoms with Crippen LogP contribution in [0.1, 0.15) is 16.0 Å². The van der Waals surface area contributed by atoms with E-state index in [0.717, 1.165) is 30.6 Å². The van der Waals surface area contributed by atoms with E-state index in [-0.39, 0.29) is 5.82 Å². The van der Waals surface area contributed by atoms with E-state index in [9.17, 15) is 4.39 Å². The molecule has 2 nitrogen and oxygen atoms in total. The molecule has 1 aromatic heterocycles. The van der Waals surface area contributed by atoms with Gasteiger partial charge < -0.3 is 10.2 Å². The van der Waals surface area contributed by atoms with Gasteiger partial charge in [0.15, 0.2) is 0 Å². The standard InChI is InChI=1S/C16H21FN2S/c1-18-11-13-5-6-16(17)14(10-13)12-19(2)8-7-15-4-3-9-20-15/h3-6,9-10,18H,7-8,11-12H2,1-2H3. The van der Waals surface area contributed by atoms with E-state index < -0.39 is 0 Å². The summed E-state index contributed by atoms with van der Waals surface area (Å²) in [6, 6.07) is 9.57. The van der Waals surface area contributed by atoms with E-state index >= 15 is 0 Å². The summed E-state index contributed by atoms with van der Waals surface area (Å²) in [5, 5.41) is 5.19. The lowest BCUT2D eigenvalue weighted by atomic mass is 10.1. The van der Waals surface area contributed by atoms with Gasteiger partial charge in [0.2, 0.25) is 0 Å². The fraction of sp³-hybridized carbons (Fsp3) is 0.375. The monoisotopic (exact) mass is 292 g/mol. The lowest BCUT2D eigenvalue weighted by molar-refractivity contribution is 0.326. The van der Waals surface area contributed by atoms with E-state index in [4.69, 9.17) is 0 Å². The molecule has 0 amide bonds. The van der Waals surface area contributed by atoms with Crippen molar-refractivity contribution in [2.24, 2.45) is 0 Å². The molecule has 0 fully saturated rings. The van der Waals surface area contributed by atoms with Crippen LogP contribution in [0.5, 0.6) is 0 Å². The third-order valence-corrected chi connectivity index (χ3v) is 4.19. The molecule has 0 aliphatic heterocycles. The van der Waals surface area contributed by atoms with E-state index in [0.29, 0.717) is 6.54 Å². The van der Waals surface area contributed by atoms with Crippen LogP contribution in [0.2, 0.25) is 0 Å². The van der Waals surface area contributed by atoms with Crippen molar-refractivity contribution in [2.75, 3.05) is 20.6 Å². The van der Waals surface area contributed by atoms with Crippen LogP contribution < -0.4 is 5.32 Å². The molecule has 0 bridgehead atoms. The van der Waals surface area contributed by atoms with Crippen LogP contribution >= 0.6 is 11.3 Å². The highest BCUT2D eigenvalue weighted by molar-refractivity contribution is 7.09. The molecule has 2 rings (SSSR count). The molecule has 0 unspecified atom stereocenters. The van der Waals surface area contributed by atoms with Gasteiger partial charge in [0.05, 0.1) is 0 Å². The minimum absolute atomic E-state index is 0.118. The van der Waals surface area contributed by atoms with Gasteiger partial charge in [-0.1, -0.05) is 18.2 Å². The number of thiophene rings is 1. The predicted octanol–water partition coefficient (Wildman–Crippen LogP) is 3.28. The van der Waals surface area contributed by atoms with Crippen molar-refractivity contribution in [3.05, 3.63) is 57.5 Å². The van der Waals surface area contributed by atoms with E-state index in [1.165, 1.54) is 4.88 Å². The van der Waals surface area contributed by atoms with Crippen molar-refractivity contribution in [2.45, 2.75) is 19.5 Å². The SMILES string of the molecule is CNCc1ccc(F)c(CN(C)CCc2cccs2)c1. The van der Waals surface area contributed by atoms with Crippen molar-refractivity contribution in [3.8, 4) is 0 Å². The molecule has 108 valence electrons. The lowest BCUT2D eigenvalue weighted by Crippen LogP contribution is -2.21. The van der Waals surface area contributed by atoms with E-state index in [2.05, 4.69) is 27.7 Å². The maximum atomic E-state index is 13.8. The van der Waals surface area contributed by atoms with Crippen molar-refractivity contribution in [1.29, 1.82) is 0 Å². The van der Waals surface area contributed by atoms with Crippen molar-refractivity contribution in [1.82, 2.24) is 10.2 Å². The maximum Gasteiger partial charge on any atom is 0.127 e. The molecule has 0 aliphatic carbocycles. The van der Waals surface area contributed by atoms with Crippen LogP contribution in [0.15, 0.2) is 35.7 Å². The topological polar surface area (TPSA) is 15.3 Å². The van der Waals surface area contributed by atoms with Gasteiger partial charge in [-0.25, -0.2) is 4.39 Å². The number of benzene rings is 1. The molecule has 0 radical (unpaired) electrons. The smallest absolute Gasteiger partial charge is 0.127 e. The summed E-state index contributed by atoms with van der Waals surface area (Å²) in [6.45, 7) is 2.36. The third-order valence-electron chi connectivity index (χ3n) is 3.25. The second-order valence-corrected chi connectivity index (χ2v) is 6.06. The summed E-state index contributed by atoms with van der Waals surface area (Å²) in [6.07, 6.45) is 1.02. The van der Waals surface area contributed by atoms with Gasteiger partial charge in [-0.3, -0.25) is 0 Å². The first kappa shape index (κ1) is 15.2. The van der Waals surface area contributed by atoms with Gasteiger partial charge in [-0.15, -0.1) is 11.3 Å². The van der Waals surface area contributed by atoms with Crippen LogP contribution in [0.3, 0.4) is 0 Å². The average Bonchev–Trinajstić information content (AvgIpc) is 2.94. The molecule has 0 saturated heterocycles. The Balaban J connectivity index is 1.92. The minimum Gasteiger partial charge on any atom is -0.316 e. The minimum atomic E-state index is -0.118. The Morgan fingerprint density at radius 1 is 1.30 bits per heavy atom. The number of hydrogen-bond acceptors (Lipinski definition) is 3. The highest BCUT2D eigenvalue weighted by Gasteiger charge is 2.07. The van der Waals surface area contributed by atoms with Crippen molar-refractivity contribution >= 4 is 11.3 Å². The molecule has 0 atom stereocenters. The summed E-state index contributed by atoms with van der Waals surface area (Å²) in [7, 11) is 3.94. The third kappa shape index (κ3) is 4.40. The van der Waals surface area contributed by atoms with E-state index in [1.54, 1.807) is 17.4 Å². The number of nitrogens with zero attached hydrogens (tertiary/aromatic N) is 1. The van der Waals surface area contributed by atoms with Crippen molar-refractivity contribution in [3.63, 3.8) is 0 Å². The Morgan fingerprint density at radius 3 is 2.85 bits per heavy atom. The number of nitrogens with one attached hydrogen (secondary N) is 1. The predicted molar refractivity (Wildman–Crippen MR) is 83.5 cm³/mol. The Kier molecular flexibility index (Phi) is 5.71. The molecule has 1 aromatic carbocycles. The first-order valence-electron chi connectivity index (χ1n) is 6.82. The number of rotatable bonds is 7. The molecular weight excluding hydrogens is 271 g/mol. The van der Waals surface area contributed by atoms with Crippen LogP contribution in [0.4, 0.5) is 4.39 Å². The summed E-state index contributed by atoms with van der Waals surface area (Å²) in [5.41, 5.74) is 1.89. The Morgan fingerprint density at radius 2 is 2.15 bits per heavy atom. The Labute approximate surface area is 124 Å². The molecule has 0 saturated carbocycles. The molecule has 2 aromatic rings. The Hall–Kier alpha value is -1.23. The maximum absolute atomic E-state index is 13.8. The zero-order valence-electron chi connectivity index (χ0n) is 12.0. The highest BCUT2D eigenvalue weighted by Crippen LogP contribution is 2.14. The molecule has 0 aliphatic rings. The molecule has 4 heteroatoms. The molecule has 20 heavy (non-hydrogen) atoms. The Bertz CT molecular complexity index is 525. The van der Waals surface area contributed by atoms with Gasteiger partial charge in [0.25, 0.3) is 0 Å². The summed E-state index contributed by atoms with van der Waals surface area (Å²) >= 11 is 1.77. The molecular formula is C16H21FN2S. The van der Waals surface area contributed by atoms with Gasteiger partial charge >= 0.3 is 0 Å². The van der Waals surface area contributed by atoms with Gasteiger partial charge in [0.1, 0.15) is 5.82 Å². The number of hydrogen-bond donors (Lipinski definition) is 1. The van der Waals surface area contributed by atoms with Crippen LogP contribution in [0, 0.1) is 5.82 Å². The number of halogens is 1. The van der Waals surface area contributed by atoms with E-state index in [1.807, 2.05) is 26.2 Å². The zero-order valence-corrected chi connectivity index (χ0v) is 12.8. The summed E-state index contributed by atoms with van der Waals surface area (Å²) in [5.74, 6) is -0.118. The molecule has 0 spiro atoms. The highest BCUT2D eigenvalue weighted by atomic mass is 32.1. The van der Waals surface area contributed by atoms with Crippen LogP contribution in [-0.2, 0) is 19.5 Å². The van der Waals surface area contributed by atoms with Gasteiger partial charge in [-0.05, 0) is 43.6 Å². The first-order valence-corrected chi connectivity index (χ1v) is 7.70. The molecule has 1 heterocycles.